The average Bonchev–Trinajstić information content (AvgIpc) is 3.13. The fourth-order valence-corrected chi connectivity index (χ4v) is 3.80. The first kappa shape index (κ1) is 22.1. The zero-order valence-electron chi connectivity index (χ0n) is 19.7. The van der Waals surface area contributed by atoms with Gasteiger partial charge in [0, 0.05) is 25.5 Å². The first-order chi connectivity index (χ1) is 16.9. The van der Waals surface area contributed by atoms with Gasteiger partial charge in [0.05, 0.1) is 17.2 Å². The number of anilines is 3. The molecule has 2 heterocycles. The van der Waals surface area contributed by atoms with Gasteiger partial charge < -0.3 is 16.0 Å². The predicted octanol–water partition coefficient (Wildman–Crippen LogP) is 4.68. The first-order valence-electron chi connectivity index (χ1n) is 11.2. The van der Waals surface area contributed by atoms with Crippen molar-refractivity contribution in [3.8, 4) is 0 Å². The molecule has 0 bridgehead atoms. The predicted molar refractivity (Wildman–Crippen MR) is 142 cm³/mol. The summed E-state index contributed by atoms with van der Waals surface area (Å²) in [5.74, 6) is -0.203. The van der Waals surface area contributed by atoms with E-state index in [1.54, 1.807) is 6.21 Å². The van der Waals surface area contributed by atoms with Gasteiger partial charge in [-0.1, -0.05) is 42.0 Å². The van der Waals surface area contributed by atoms with E-state index in [4.69, 9.17) is 15.7 Å². The zero-order valence-corrected chi connectivity index (χ0v) is 19.7. The second-order valence-electron chi connectivity index (χ2n) is 8.51. The molecule has 0 fully saturated rings. The molecule has 3 N–H and O–H groups in total. The number of aromatic nitrogens is 3. The number of hydrogen-bond acceptors (Lipinski definition) is 6. The van der Waals surface area contributed by atoms with Crippen molar-refractivity contribution in [2.24, 2.45) is 5.10 Å². The molecular weight excluding hydrogens is 438 g/mol. The van der Waals surface area contributed by atoms with Gasteiger partial charge in [0.25, 0.3) is 5.91 Å². The lowest BCUT2D eigenvalue weighted by Gasteiger charge is -2.11. The van der Waals surface area contributed by atoms with E-state index in [1.807, 2.05) is 98.7 Å². The molecule has 2 aromatic heterocycles. The van der Waals surface area contributed by atoms with E-state index in [-0.39, 0.29) is 17.3 Å². The van der Waals surface area contributed by atoms with Crippen molar-refractivity contribution < 1.29 is 4.79 Å². The normalized spacial score (nSPS) is 11.4. The summed E-state index contributed by atoms with van der Waals surface area (Å²) in [5.41, 5.74) is 12.6. The largest absolute Gasteiger partial charge is 0.383 e. The molecule has 0 aliphatic rings. The molecule has 8 nitrogen and oxygen atoms in total. The summed E-state index contributed by atoms with van der Waals surface area (Å²) in [7, 11) is 3.98. The van der Waals surface area contributed by atoms with E-state index in [1.165, 1.54) is 4.68 Å². The molecule has 0 unspecified atom stereocenters. The van der Waals surface area contributed by atoms with Crippen LogP contribution in [0.15, 0.2) is 77.9 Å². The highest BCUT2D eigenvalue weighted by atomic mass is 16.1. The van der Waals surface area contributed by atoms with Crippen LogP contribution < -0.4 is 16.0 Å². The molecule has 8 heteroatoms. The van der Waals surface area contributed by atoms with Crippen LogP contribution in [0.25, 0.3) is 22.2 Å². The number of nitrogens with two attached hydrogens (primary N) is 1. The lowest BCUT2D eigenvalue weighted by atomic mass is 10.2. The second-order valence-corrected chi connectivity index (χ2v) is 8.51. The van der Waals surface area contributed by atoms with Crippen molar-refractivity contribution in [2.75, 3.05) is 30.0 Å². The summed E-state index contributed by atoms with van der Waals surface area (Å²) >= 11 is 0. The van der Waals surface area contributed by atoms with E-state index >= 15 is 0 Å². The van der Waals surface area contributed by atoms with Gasteiger partial charge in [-0.2, -0.15) is 9.78 Å². The van der Waals surface area contributed by atoms with Crippen LogP contribution in [-0.2, 0) is 0 Å². The molecule has 35 heavy (non-hydrogen) atoms. The monoisotopic (exact) mass is 463 g/mol. The quantitative estimate of drug-likeness (QED) is 0.369. The van der Waals surface area contributed by atoms with Crippen molar-refractivity contribution in [1.82, 2.24) is 14.6 Å². The SMILES string of the molecule is Cc1ccc(NC(=O)c2c(N)n(/N=C/c3ccc(N(C)C)cc3)c3nc4ccccc4nc23)cc1. The van der Waals surface area contributed by atoms with Gasteiger partial charge >= 0.3 is 0 Å². The van der Waals surface area contributed by atoms with Crippen molar-refractivity contribution in [1.29, 1.82) is 0 Å². The van der Waals surface area contributed by atoms with Gasteiger partial charge in [-0.15, -0.1) is 0 Å². The number of fused-ring (bicyclic) bond motifs is 2. The van der Waals surface area contributed by atoms with Crippen molar-refractivity contribution in [3.63, 3.8) is 0 Å². The maximum atomic E-state index is 13.3. The molecule has 5 rings (SSSR count). The Morgan fingerprint density at radius 1 is 0.971 bits per heavy atom. The fourth-order valence-electron chi connectivity index (χ4n) is 3.80. The zero-order chi connectivity index (χ0) is 24.5. The van der Waals surface area contributed by atoms with Gasteiger partial charge in [-0.3, -0.25) is 4.79 Å². The number of aryl methyl sites for hydroxylation is 1. The van der Waals surface area contributed by atoms with Crippen LogP contribution in [0.3, 0.4) is 0 Å². The van der Waals surface area contributed by atoms with Crippen LogP contribution in [0.5, 0.6) is 0 Å². The Balaban J connectivity index is 1.61. The number of nitrogens with one attached hydrogen (secondary N) is 1. The van der Waals surface area contributed by atoms with E-state index < -0.39 is 0 Å². The summed E-state index contributed by atoms with van der Waals surface area (Å²) < 4.78 is 1.47. The molecule has 0 saturated carbocycles. The number of carbonyl (C=O) groups excluding carboxylic acids is 1. The van der Waals surface area contributed by atoms with Gasteiger partial charge in [0.2, 0.25) is 0 Å². The third-order valence-corrected chi connectivity index (χ3v) is 5.74. The molecule has 3 aromatic carbocycles. The first-order valence-corrected chi connectivity index (χ1v) is 11.2. The second kappa shape index (κ2) is 8.90. The van der Waals surface area contributed by atoms with E-state index in [2.05, 4.69) is 10.4 Å². The van der Waals surface area contributed by atoms with E-state index in [9.17, 15) is 4.79 Å². The van der Waals surface area contributed by atoms with E-state index in [0.29, 0.717) is 27.9 Å². The van der Waals surface area contributed by atoms with Gasteiger partial charge in [-0.05, 0) is 48.9 Å². The molecule has 0 aliphatic heterocycles. The molecule has 0 radical (unpaired) electrons. The number of benzene rings is 3. The van der Waals surface area contributed by atoms with Crippen LogP contribution in [0.4, 0.5) is 17.2 Å². The maximum absolute atomic E-state index is 13.3. The minimum Gasteiger partial charge on any atom is -0.383 e. The standard InChI is InChI=1S/C27H25N7O/c1-17-8-12-19(13-9-17)30-27(35)23-24-26(32-22-7-5-4-6-21(22)31-24)34(25(23)28)29-16-18-10-14-20(15-11-18)33(2)3/h4-16H,28H2,1-3H3,(H,30,35)/b29-16+. The number of carbonyl (C=O) groups is 1. The Morgan fingerprint density at radius 2 is 1.63 bits per heavy atom. The third-order valence-electron chi connectivity index (χ3n) is 5.74. The number of amides is 1. The van der Waals surface area contributed by atoms with Crippen molar-refractivity contribution in [3.05, 3.63) is 89.5 Å². The number of para-hydroxylation sites is 2. The Kier molecular flexibility index (Phi) is 5.62. The Labute approximate surface area is 202 Å². The summed E-state index contributed by atoms with van der Waals surface area (Å²) in [6, 6.07) is 23.0. The summed E-state index contributed by atoms with van der Waals surface area (Å²) in [4.78, 5) is 24.8. The van der Waals surface area contributed by atoms with Gasteiger partial charge in [0.1, 0.15) is 16.9 Å². The molecule has 0 spiro atoms. The number of nitrogen functional groups attached to an aromatic ring is 1. The molecule has 0 aliphatic carbocycles. The average molecular weight is 464 g/mol. The topological polar surface area (TPSA) is 101 Å². The maximum Gasteiger partial charge on any atom is 0.261 e. The molecule has 0 atom stereocenters. The van der Waals surface area contributed by atoms with Crippen LogP contribution in [0.1, 0.15) is 21.5 Å². The molecule has 5 aromatic rings. The highest BCUT2D eigenvalue weighted by Crippen LogP contribution is 2.28. The smallest absolute Gasteiger partial charge is 0.261 e. The van der Waals surface area contributed by atoms with Crippen molar-refractivity contribution in [2.45, 2.75) is 6.92 Å². The van der Waals surface area contributed by atoms with Crippen LogP contribution in [-0.4, -0.2) is 40.9 Å². The van der Waals surface area contributed by atoms with Crippen LogP contribution >= 0.6 is 0 Å². The van der Waals surface area contributed by atoms with Crippen LogP contribution in [0, 0.1) is 6.92 Å². The number of hydrogen-bond donors (Lipinski definition) is 2. The van der Waals surface area contributed by atoms with Crippen LogP contribution in [0.2, 0.25) is 0 Å². The summed E-state index contributed by atoms with van der Waals surface area (Å²) in [5, 5.41) is 7.49. The number of nitrogens with zero attached hydrogens (tertiary/aromatic N) is 5. The molecule has 1 amide bonds. The lowest BCUT2D eigenvalue weighted by Crippen LogP contribution is -2.14. The highest BCUT2D eigenvalue weighted by molar-refractivity contribution is 6.16. The third kappa shape index (κ3) is 4.29. The molecule has 174 valence electrons. The van der Waals surface area contributed by atoms with Gasteiger partial charge in [0.15, 0.2) is 5.65 Å². The fraction of sp³-hybridized carbons (Fsp3) is 0.111. The van der Waals surface area contributed by atoms with Gasteiger partial charge in [-0.25, -0.2) is 9.97 Å². The van der Waals surface area contributed by atoms with E-state index in [0.717, 1.165) is 16.8 Å². The lowest BCUT2D eigenvalue weighted by molar-refractivity contribution is 0.102. The molecule has 0 saturated heterocycles. The highest BCUT2D eigenvalue weighted by Gasteiger charge is 2.24. The summed E-state index contributed by atoms with van der Waals surface area (Å²) in [6.45, 7) is 1.99. The number of rotatable bonds is 5. The molecular formula is C27H25N7O. The minimum absolute atomic E-state index is 0.168. The Hall–Kier alpha value is -4.72. The Morgan fingerprint density at radius 3 is 2.29 bits per heavy atom. The van der Waals surface area contributed by atoms with Crippen molar-refractivity contribution >= 4 is 51.5 Å². The minimum atomic E-state index is -0.370. The Bertz CT molecular complexity index is 1570. The summed E-state index contributed by atoms with van der Waals surface area (Å²) in [6.07, 6.45) is 1.69.